The van der Waals surface area contributed by atoms with Crippen LogP contribution in [0, 0.1) is 0 Å². The van der Waals surface area contributed by atoms with Crippen molar-refractivity contribution < 1.29 is 4.79 Å². The number of carbonyl (C=O) groups is 1. The average molecular weight is 223 g/mol. The standard InChI is InChI=1S/C10H17N5O/c16-10(3-7-15-8-6-12-14-15)13-9-1-4-11-5-2-9/h6,8-9,11H,1-5,7H2,(H,13,16). The molecule has 0 spiro atoms. The Bertz CT molecular complexity index is 318. The molecular formula is C10H17N5O. The quantitative estimate of drug-likeness (QED) is 0.724. The van der Waals surface area contributed by atoms with Crippen molar-refractivity contribution in [1.82, 2.24) is 25.6 Å². The highest BCUT2D eigenvalue weighted by molar-refractivity contribution is 5.76. The van der Waals surface area contributed by atoms with E-state index in [1.165, 1.54) is 0 Å². The van der Waals surface area contributed by atoms with Gasteiger partial charge < -0.3 is 10.6 Å². The number of hydrogen-bond donors (Lipinski definition) is 2. The zero-order valence-electron chi connectivity index (χ0n) is 9.22. The van der Waals surface area contributed by atoms with Crippen LogP contribution in [-0.2, 0) is 11.3 Å². The van der Waals surface area contributed by atoms with Gasteiger partial charge in [0, 0.05) is 18.7 Å². The summed E-state index contributed by atoms with van der Waals surface area (Å²) < 4.78 is 1.67. The molecule has 1 aliphatic rings. The van der Waals surface area contributed by atoms with Gasteiger partial charge in [-0.15, -0.1) is 5.10 Å². The molecule has 1 fully saturated rings. The molecule has 1 aromatic rings. The largest absolute Gasteiger partial charge is 0.353 e. The fraction of sp³-hybridized carbons (Fsp3) is 0.700. The van der Waals surface area contributed by atoms with E-state index in [2.05, 4.69) is 20.9 Å². The van der Waals surface area contributed by atoms with Gasteiger partial charge in [-0.1, -0.05) is 5.21 Å². The van der Waals surface area contributed by atoms with Crippen LogP contribution >= 0.6 is 0 Å². The lowest BCUT2D eigenvalue weighted by atomic mass is 10.1. The Morgan fingerprint density at radius 2 is 2.31 bits per heavy atom. The highest BCUT2D eigenvalue weighted by atomic mass is 16.1. The number of rotatable bonds is 4. The number of aromatic nitrogens is 3. The second-order valence-electron chi connectivity index (χ2n) is 4.01. The smallest absolute Gasteiger partial charge is 0.222 e. The van der Waals surface area contributed by atoms with E-state index in [4.69, 9.17) is 0 Å². The second kappa shape index (κ2) is 5.60. The lowest BCUT2D eigenvalue weighted by Crippen LogP contribution is -2.42. The van der Waals surface area contributed by atoms with Crippen LogP contribution in [0.4, 0.5) is 0 Å². The first-order chi connectivity index (χ1) is 7.84. The summed E-state index contributed by atoms with van der Waals surface area (Å²) >= 11 is 0. The number of aryl methyl sites for hydroxylation is 1. The molecule has 1 aromatic heterocycles. The molecule has 0 aliphatic carbocycles. The van der Waals surface area contributed by atoms with Crippen molar-refractivity contribution in [1.29, 1.82) is 0 Å². The van der Waals surface area contributed by atoms with E-state index in [0.29, 0.717) is 19.0 Å². The fourth-order valence-electron chi connectivity index (χ4n) is 1.83. The van der Waals surface area contributed by atoms with E-state index in [1.54, 1.807) is 17.1 Å². The van der Waals surface area contributed by atoms with Crippen molar-refractivity contribution in [2.45, 2.75) is 31.8 Å². The van der Waals surface area contributed by atoms with E-state index in [-0.39, 0.29) is 5.91 Å². The molecule has 0 aromatic carbocycles. The Morgan fingerprint density at radius 1 is 1.50 bits per heavy atom. The van der Waals surface area contributed by atoms with Gasteiger partial charge in [-0.3, -0.25) is 9.48 Å². The average Bonchev–Trinajstić information content (AvgIpc) is 2.81. The summed E-state index contributed by atoms with van der Waals surface area (Å²) in [6, 6.07) is 0.337. The molecule has 0 saturated carbocycles. The molecule has 2 rings (SSSR count). The zero-order chi connectivity index (χ0) is 11.2. The molecule has 6 nitrogen and oxygen atoms in total. The van der Waals surface area contributed by atoms with Gasteiger partial charge in [0.1, 0.15) is 0 Å². The molecule has 0 bridgehead atoms. The van der Waals surface area contributed by atoms with Crippen LogP contribution in [0.1, 0.15) is 19.3 Å². The molecule has 1 saturated heterocycles. The summed E-state index contributed by atoms with van der Waals surface area (Å²) in [5, 5.41) is 13.8. The molecule has 0 atom stereocenters. The minimum absolute atomic E-state index is 0.0994. The summed E-state index contributed by atoms with van der Waals surface area (Å²) in [6.07, 6.45) is 5.89. The van der Waals surface area contributed by atoms with Gasteiger partial charge in [0.2, 0.25) is 5.91 Å². The first-order valence-electron chi connectivity index (χ1n) is 5.69. The summed E-state index contributed by atoms with van der Waals surface area (Å²) in [6.45, 7) is 2.58. The van der Waals surface area contributed by atoms with E-state index < -0.39 is 0 Å². The van der Waals surface area contributed by atoms with Crippen molar-refractivity contribution in [2.24, 2.45) is 0 Å². The Balaban J connectivity index is 1.67. The van der Waals surface area contributed by atoms with Crippen LogP contribution in [0.2, 0.25) is 0 Å². The summed E-state index contributed by atoms with van der Waals surface area (Å²) in [7, 11) is 0. The number of nitrogens with zero attached hydrogens (tertiary/aromatic N) is 3. The van der Waals surface area contributed by atoms with Crippen LogP contribution < -0.4 is 10.6 Å². The molecule has 0 radical (unpaired) electrons. The predicted molar refractivity (Wildman–Crippen MR) is 58.7 cm³/mol. The summed E-state index contributed by atoms with van der Waals surface area (Å²) in [5.41, 5.74) is 0. The van der Waals surface area contributed by atoms with Crippen molar-refractivity contribution in [3.63, 3.8) is 0 Å². The van der Waals surface area contributed by atoms with Crippen LogP contribution in [0.15, 0.2) is 12.4 Å². The molecule has 2 heterocycles. The van der Waals surface area contributed by atoms with Crippen molar-refractivity contribution in [2.75, 3.05) is 13.1 Å². The highest BCUT2D eigenvalue weighted by Gasteiger charge is 2.14. The molecule has 1 aliphatic heterocycles. The zero-order valence-corrected chi connectivity index (χ0v) is 9.22. The number of hydrogen-bond acceptors (Lipinski definition) is 4. The van der Waals surface area contributed by atoms with Crippen LogP contribution in [-0.4, -0.2) is 40.0 Å². The molecule has 1 amide bonds. The molecular weight excluding hydrogens is 206 g/mol. The van der Waals surface area contributed by atoms with Crippen LogP contribution in [0.3, 0.4) is 0 Å². The topological polar surface area (TPSA) is 71.8 Å². The normalized spacial score (nSPS) is 17.2. The van der Waals surface area contributed by atoms with Gasteiger partial charge in [0.15, 0.2) is 0 Å². The Morgan fingerprint density at radius 3 is 3.00 bits per heavy atom. The number of nitrogens with one attached hydrogen (secondary N) is 2. The molecule has 2 N–H and O–H groups in total. The van der Waals surface area contributed by atoms with Crippen LogP contribution in [0.5, 0.6) is 0 Å². The van der Waals surface area contributed by atoms with Crippen molar-refractivity contribution in [3.8, 4) is 0 Å². The van der Waals surface area contributed by atoms with Gasteiger partial charge in [0.05, 0.1) is 12.7 Å². The Kier molecular flexibility index (Phi) is 3.87. The van der Waals surface area contributed by atoms with E-state index in [1.807, 2.05) is 0 Å². The Hall–Kier alpha value is -1.43. The third-order valence-corrected chi connectivity index (χ3v) is 2.74. The number of amides is 1. The lowest BCUT2D eigenvalue weighted by molar-refractivity contribution is -0.122. The predicted octanol–water partition coefficient (Wildman–Crippen LogP) is -0.464. The molecule has 6 heteroatoms. The van der Waals surface area contributed by atoms with Gasteiger partial charge in [0.25, 0.3) is 0 Å². The minimum Gasteiger partial charge on any atom is -0.353 e. The maximum Gasteiger partial charge on any atom is 0.222 e. The lowest BCUT2D eigenvalue weighted by Gasteiger charge is -2.23. The molecule has 0 unspecified atom stereocenters. The number of carbonyl (C=O) groups excluding carboxylic acids is 1. The highest BCUT2D eigenvalue weighted by Crippen LogP contribution is 2.02. The van der Waals surface area contributed by atoms with E-state index in [9.17, 15) is 4.79 Å². The number of piperidine rings is 1. The maximum absolute atomic E-state index is 11.6. The Labute approximate surface area is 94.4 Å². The fourth-order valence-corrected chi connectivity index (χ4v) is 1.83. The summed E-state index contributed by atoms with van der Waals surface area (Å²) in [5.74, 6) is 0.0994. The van der Waals surface area contributed by atoms with Crippen molar-refractivity contribution in [3.05, 3.63) is 12.4 Å². The first kappa shape index (κ1) is 11.1. The first-order valence-corrected chi connectivity index (χ1v) is 5.69. The van der Waals surface area contributed by atoms with Gasteiger partial charge in [-0.05, 0) is 25.9 Å². The minimum atomic E-state index is 0.0994. The third-order valence-electron chi connectivity index (χ3n) is 2.74. The third kappa shape index (κ3) is 3.30. The van der Waals surface area contributed by atoms with Gasteiger partial charge in [-0.25, -0.2) is 0 Å². The summed E-state index contributed by atoms with van der Waals surface area (Å²) in [4.78, 5) is 11.6. The second-order valence-corrected chi connectivity index (χ2v) is 4.01. The van der Waals surface area contributed by atoms with Gasteiger partial charge in [-0.2, -0.15) is 0 Å². The SMILES string of the molecule is O=C(CCn1ccnn1)NC1CCNCC1. The molecule has 16 heavy (non-hydrogen) atoms. The molecule has 88 valence electrons. The van der Waals surface area contributed by atoms with Gasteiger partial charge >= 0.3 is 0 Å². The van der Waals surface area contributed by atoms with E-state index >= 15 is 0 Å². The monoisotopic (exact) mass is 223 g/mol. The van der Waals surface area contributed by atoms with Crippen LogP contribution in [0.25, 0.3) is 0 Å². The van der Waals surface area contributed by atoms with E-state index in [0.717, 1.165) is 25.9 Å². The maximum atomic E-state index is 11.6. The van der Waals surface area contributed by atoms with Crippen molar-refractivity contribution >= 4 is 5.91 Å².